The van der Waals surface area contributed by atoms with Crippen molar-refractivity contribution in [3.8, 4) is 0 Å². The molecular formula is C42H42Cl4Si2Zr2. The van der Waals surface area contributed by atoms with Gasteiger partial charge in [-0.05, 0) is 6.42 Å². The third kappa shape index (κ3) is 19.5. The largest absolute Gasteiger partial charge is 4.00 e. The molecule has 0 aliphatic carbocycles. The Balaban J connectivity index is -0.000000259. The first-order chi connectivity index (χ1) is 21.6. The zero-order valence-corrected chi connectivity index (χ0v) is 38.7. The summed E-state index contributed by atoms with van der Waals surface area (Å²) in [6.07, 6.45) is 1.13. The van der Waals surface area contributed by atoms with Crippen molar-refractivity contribution < 1.29 is 102 Å². The Morgan fingerprint density at radius 3 is 0.980 bits per heavy atom. The standard InChI is InChI=1S/C11H11.3C9H7.2C2H5Si.4ClH.2Zr/c1-2-9-7-10-5-3-4-6-11(10)8-9;3*1-2-5-9-7-3-6-8(9)4-1;2*1-2-3;;;;;;/h3-8H,2H2,1H3;3*1-7H;2*2H2,1H3;4*1H;;/q4*-1;;;;;;;2*+4/p-4. The van der Waals surface area contributed by atoms with E-state index in [1.165, 1.54) is 48.7 Å². The fourth-order valence-electron chi connectivity index (χ4n) is 4.63. The van der Waals surface area contributed by atoms with Crippen molar-refractivity contribution >= 4 is 63.6 Å². The molecule has 0 unspecified atom stereocenters. The van der Waals surface area contributed by atoms with Crippen molar-refractivity contribution in [1.29, 1.82) is 0 Å². The third-order valence-corrected chi connectivity index (χ3v) is 6.73. The first kappa shape index (κ1) is 55.4. The molecule has 6 radical (unpaired) electrons. The van der Waals surface area contributed by atoms with E-state index in [0.717, 1.165) is 18.5 Å². The van der Waals surface area contributed by atoms with Gasteiger partial charge < -0.3 is 49.6 Å². The van der Waals surface area contributed by atoms with E-state index in [9.17, 15) is 0 Å². The van der Waals surface area contributed by atoms with Crippen LogP contribution in [-0.2, 0) is 58.8 Å². The second kappa shape index (κ2) is 33.5. The van der Waals surface area contributed by atoms with Crippen molar-refractivity contribution in [2.24, 2.45) is 0 Å². The predicted octanol–water partition coefficient (Wildman–Crippen LogP) is -0.00560. The second-order valence-corrected chi connectivity index (χ2v) is 11.4. The molecule has 0 saturated heterocycles. The van der Waals surface area contributed by atoms with Gasteiger partial charge in [-0.1, -0.05) is 57.1 Å². The number of benzene rings is 4. The molecule has 0 N–H and O–H groups in total. The van der Waals surface area contributed by atoms with Gasteiger partial charge in [0.2, 0.25) is 0 Å². The molecule has 0 aliphatic heterocycles. The quantitative estimate of drug-likeness (QED) is 0.161. The summed E-state index contributed by atoms with van der Waals surface area (Å²) < 4.78 is 0. The molecular weight excluding hydrogens is 885 g/mol. The molecule has 8 rings (SSSR count). The molecule has 8 aromatic carbocycles. The maximum Gasteiger partial charge on any atom is 4.00 e. The molecule has 0 spiro atoms. The Morgan fingerprint density at radius 1 is 0.420 bits per heavy atom. The first-order valence-electron chi connectivity index (χ1n) is 15.4. The molecule has 0 saturated carbocycles. The topological polar surface area (TPSA) is 0 Å². The minimum absolute atomic E-state index is 0. The predicted molar refractivity (Wildman–Crippen MR) is 200 cm³/mol. The Kier molecular flexibility index (Phi) is 37.2. The van der Waals surface area contributed by atoms with E-state index in [1.54, 1.807) is 0 Å². The van der Waals surface area contributed by atoms with Gasteiger partial charge in [-0.15, -0.1) is 130 Å². The molecule has 0 atom stereocenters. The van der Waals surface area contributed by atoms with Crippen LogP contribution < -0.4 is 49.6 Å². The summed E-state index contributed by atoms with van der Waals surface area (Å²) in [7, 11) is 6.37. The Bertz CT molecular complexity index is 1610. The number of hydrogen-bond acceptors (Lipinski definition) is 0. The van der Waals surface area contributed by atoms with E-state index in [2.05, 4.69) is 191 Å². The molecule has 0 aliphatic rings. The van der Waals surface area contributed by atoms with Gasteiger partial charge in [-0.25, -0.2) is 0 Å². The van der Waals surface area contributed by atoms with E-state index >= 15 is 0 Å². The van der Waals surface area contributed by atoms with Crippen LogP contribution in [0.3, 0.4) is 0 Å². The summed E-state index contributed by atoms with van der Waals surface area (Å²) in [5.41, 5.74) is 1.44. The molecule has 0 heterocycles. The van der Waals surface area contributed by atoms with Gasteiger partial charge in [-0.3, -0.25) is 0 Å². The fourth-order valence-corrected chi connectivity index (χ4v) is 4.63. The average molecular weight is 927 g/mol. The molecule has 50 heavy (non-hydrogen) atoms. The molecule has 0 aromatic heterocycles. The summed E-state index contributed by atoms with van der Waals surface area (Å²) in [5.74, 6) is 0. The third-order valence-electron chi connectivity index (χ3n) is 6.73. The van der Waals surface area contributed by atoms with E-state index in [4.69, 9.17) is 0 Å². The monoisotopic (exact) mass is 922 g/mol. The summed E-state index contributed by atoms with van der Waals surface area (Å²) in [6, 6.07) is 59.1. The maximum absolute atomic E-state index is 3.18. The van der Waals surface area contributed by atoms with Crippen molar-refractivity contribution in [3.05, 3.63) is 169 Å². The van der Waals surface area contributed by atoms with Gasteiger partial charge in [0.25, 0.3) is 0 Å². The van der Waals surface area contributed by atoms with E-state index in [-0.39, 0.29) is 102 Å². The van der Waals surface area contributed by atoms with Gasteiger partial charge in [-0.2, -0.15) is 58.6 Å². The van der Waals surface area contributed by atoms with Crippen LogP contribution in [0.2, 0.25) is 12.1 Å². The molecule has 0 nitrogen and oxygen atoms in total. The molecule has 254 valence electrons. The Morgan fingerprint density at radius 2 is 0.700 bits per heavy atom. The Labute approximate surface area is 370 Å². The van der Waals surface area contributed by atoms with Gasteiger partial charge in [0, 0.05) is 20.5 Å². The number of fused-ring (bicyclic) bond motifs is 4. The first-order valence-corrected chi connectivity index (χ1v) is 16.8. The summed E-state index contributed by atoms with van der Waals surface area (Å²) in [6.45, 7) is 6.27. The van der Waals surface area contributed by atoms with Crippen LogP contribution in [0.1, 0.15) is 26.3 Å². The normalized spacial score (nSPS) is 8.58. The van der Waals surface area contributed by atoms with Crippen LogP contribution in [-0.4, -0.2) is 20.5 Å². The SMILES string of the molecule is CC[Si].CC[Si].CCc1cc2ccccc2[cH-]1.[Cl-].[Cl-].[Cl-].[Cl-].[Zr+4].[Zr+4].c1ccc2[cH-]ccc2c1.c1ccc2[cH-]ccc2c1.c1ccc2[cH-]ccc2c1. The molecule has 0 amide bonds. The van der Waals surface area contributed by atoms with Crippen LogP contribution in [0, 0.1) is 0 Å². The molecule has 0 bridgehead atoms. The summed E-state index contributed by atoms with van der Waals surface area (Å²) in [5, 5.41) is 10.7. The number of aryl methyl sites for hydroxylation is 1. The van der Waals surface area contributed by atoms with Gasteiger partial charge in [0.15, 0.2) is 0 Å². The van der Waals surface area contributed by atoms with Crippen LogP contribution >= 0.6 is 0 Å². The number of hydrogen-bond donors (Lipinski definition) is 0. The van der Waals surface area contributed by atoms with Crippen LogP contribution in [0.15, 0.2) is 164 Å². The van der Waals surface area contributed by atoms with E-state index in [1.807, 2.05) is 13.8 Å². The minimum atomic E-state index is 0. The van der Waals surface area contributed by atoms with E-state index in [0.29, 0.717) is 0 Å². The van der Waals surface area contributed by atoms with Gasteiger partial charge in [0.1, 0.15) is 0 Å². The number of rotatable bonds is 1. The van der Waals surface area contributed by atoms with E-state index < -0.39 is 0 Å². The zero-order valence-electron chi connectivity index (χ0n) is 28.7. The number of halogens is 4. The van der Waals surface area contributed by atoms with Crippen molar-refractivity contribution in [2.75, 3.05) is 0 Å². The molecule has 0 fully saturated rings. The smallest absolute Gasteiger partial charge is 1.00 e. The van der Waals surface area contributed by atoms with Crippen molar-refractivity contribution in [3.63, 3.8) is 0 Å². The molecule has 8 heteroatoms. The van der Waals surface area contributed by atoms with Crippen LogP contribution in [0.25, 0.3) is 43.1 Å². The second-order valence-electron chi connectivity index (χ2n) is 10.0. The van der Waals surface area contributed by atoms with Crippen molar-refractivity contribution in [1.82, 2.24) is 0 Å². The minimum Gasteiger partial charge on any atom is -1.00 e. The average Bonchev–Trinajstić information content (AvgIpc) is 3.88. The van der Waals surface area contributed by atoms with Gasteiger partial charge in [0.05, 0.1) is 0 Å². The zero-order chi connectivity index (χ0) is 31.4. The van der Waals surface area contributed by atoms with Crippen LogP contribution in [0.4, 0.5) is 0 Å². The Hall–Kier alpha value is -1.32. The summed E-state index contributed by atoms with van der Waals surface area (Å²) >= 11 is 0. The fraction of sp³-hybridized carbons (Fsp3) is 0.143. The van der Waals surface area contributed by atoms with Gasteiger partial charge >= 0.3 is 52.4 Å². The maximum atomic E-state index is 3.18. The van der Waals surface area contributed by atoms with Crippen LogP contribution in [0.5, 0.6) is 0 Å². The van der Waals surface area contributed by atoms with Crippen molar-refractivity contribution in [2.45, 2.75) is 39.3 Å². The summed E-state index contributed by atoms with van der Waals surface area (Å²) in [4.78, 5) is 0. The molecule has 8 aromatic rings.